The minimum absolute atomic E-state index is 0.254. The van der Waals surface area contributed by atoms with Crippen molar-refractivity contribution >= 4 is 0 Å². The van der Waals surface area contributed by atoms with Crippen LogP contribution in [0.3, 0.4) is 0 Å². The van der Waals surface area contributed by atoms with Gasteiger partial charge in [-0.3, -0.25) is 0 Å². The van der Waals surface area contributed by atoms with Crippen LogP contribution in [0.1, 0.15) is 30.9 Å². The van der Waals surface area contributed by atoms with Gasteiger partial charge in [-0.05, 0) is 57.1 Å². The normalized spacial score (nSPS) is 12.1. The number of hydrogen-bond donors (Lipinski definition) is 1. The Labute approximate surface area is 111 Å². The minimum Gasteiger partial charge on any atom is -0.508 e. The molecule has 0 fully saturated rings. The fraction of sp³-hybridized carbons (Fsp3) is 0.571. The summed E-state index contributed by atoms with van der Waals surface area (Å²) in [5.41, 5.74) is -0.471. The fourth-order valence-corrected chi connectivity index (χ4v) is 1.90. The van der Waals surface area contributed by atoms with E-state index in [0.717, 1.165) is 25.6 Å². The van der Waals surface area contributed by atoms with Crippen molar-refractivity contribution in [1.29, 1.82) is 0 Å². The molecule has 0 spiro atoms. The van der Waals surface area contributed by atoms with Crippen LogP contribution in [-0.2, 0) is 12.6 Å². The number of aromatic hydroxyl groups is 1. The first kappa shape index (κ1) is 15.8. The molecule has 0 atom stereocenters. The summed E-state index contributed by atoms with van der Waals surface area (Å²) in [5.74, 6) is -0.346. The van der Waals surface area contributed by atoms with E-state index < -0.39 is 11.7 Å². The molecular formula is C14H20F3NO. The summed E-state index contributed by atoms with van der Waals surface area (Å²) in [7, 11) is 1.99. The number of alkyl halides is 3. The Balaban J connectivity index is 2.63. The van der Waals surface area contributed by atoms with Crippen molar-refractivity contribution in [3.05, 3.63) is 29.3 Å². The summed E-state index contributed by atoms with van der Waals surface area (Å²) < 4.78 is 38.4. The Kier molecular flexibility index (Phi) is 5.66. The van der Waals surface area contributed by atoms with Gasteiger partial charge in [0.25, 0.3) is 0 Å². The van der Waals surface area contributed by atoms with E-state index in [1.807, 2.05) is 14.0 Å². The molecule has 2 nitrogen and oxygen atoms in total. The summed E-state index contributed by atoms with van der Waals surface area (Å²) in [6.07, 6.45) is -2.46. The maximum atomic E-state index is 12.8. The van der Waals surface area contributed by atoms with E-state index in [2.05, 4.69) is 4.90 Å². The average molecular weight is 275 g/mol. The Hall–Kier alpha value is -1.23. The van der Waals surface area contributed by atoms with Gasteiger partial charge in [0.1, 0.15) is 5.75 Å². The highest BCUT2D eigenvalue weighted by Crippen LogP contribution is 2.34. The van der Waals surface area contributed by atoms with Crippen LogP contribution in [-0.4, -0.2) is 30.1 Å². The van der Waals surface area contributed by atoms with Crippen LogP contribution < -0.4 is 0 Å². The van der Waals surface area contributed by atoms with Gasteiger partial charge in [-0.2, -0.15) is 13.2 Å². The van der Waals surface area contributed by atoms with Crippen molar-refractivity contribution in [2.24, 2.45) is 0 Å². The van der Waals surface area contributed by atoms with Crippen LogP contribution in [0.4, 0.5) is 13.2 Å². The van der Waals surface area contributed by atoms with Crippen LogP contribution in [0.25, 0.3) is 0 Å². The smallest absolute Gasteiger partial charge is 0.416 e. The first-order valence-corrected chi connectivity index (χ1v) is 6.42. The highest BCUT2D eigenvalue weighted by Gasteiger charge is 2.33. The van der Waals surface area contributed by atoms with Crippen LogP contribution in [0.15, 0.2) is 18.2 Å². The molecule has 0 saturated carbocycles. The zero-order valence-corrected chi connectivity index (χ0v) is 11.3. The van der Waals surface area contributed by atoms with Crippen LogP contribution in [0.5, 0.6) is 5.75 Å². The summed E-state index contributed by atoms with van der Waals surface area (Å²) in [4.78, 5) is 2.13. The maximum absolute atomic E-state index is 12.8. The standard InChI is InChI=1S/C14H20F3NO/c1-3-18(2)9-5-4-6-11-7-8-12(19)10-13(11)14(15,16)17/h7-8,10,19H,3-6,9H2,1-2H3. The van der Waals surface area contributed by atoms with Gasteiger partial charge in [0.2, 0.25) is 0 Å². The number of phenols is 1. The third-order valence-electron chi connectivity index (χ3n) is 3.17. The van der Waals surface area contributed by atoms with Gasteiger partial charge >= 0.3 is 6.18 Å². The van der Waals surface area contributed by atoms with Gasteiger partial charge in [-0.25, -0.2) is 0 Å². The minimum atomic E-state index is -4.41. The fourth-order valence-electron chi connectivity index (χ4n) is 1.90. The molecule has 1 aromatic rings. The second-order valence-corrected chi connectivity index (χ2v) is 4.69. The molecular weight excluding hydrogens is 255 g/mol. The summed E-state index contributed by atoms with van der Waals surface area (Å²) >= 11 is 0. The largest absolute Gasteiger partial charge is 0.508 e. The molecule has 0 amide bonds. The number of rotatable bonds is 6. The van der Waals surface area contributed by atoms with Crippen molar-refractivity contribution in [3.63, 3.8) is 0 Å². The Bertz CT molecular complexity index is 404. The average Bonchev–Trinajstić information content (AvgIpc) is 2.34. The number of halogens is 3. The van der Waals surface area contributed by atoms with E-state index in [0.29, 0.717) is 12.8 Å². The SMILES string of the molecule is CCN(C)CCCCc1ccc(O)cc1C(F)(F)F. The van der Waals surface area contributed by atoms with Crippen LogP contribution >= 0.6 is 0 Å². The third kappa shape index (κ3) is 5.11. The third-order valence-corrected chi connectivity index (χ3v) is 3.17. The number of benzene rings is 1. The second-order valence-electron chi connectivity index (χ2n) is 4.69. The lowest BCUT2D eigenvalue weighted by atomic mass is 10.0. The van der Waals surface area contributed by atoms with Crippen molar-refractivity contribution in [1.82, 2.24) is 4.90 Å². The van der Waals surface area contributed by atoms with E-state index in [1.165, 1.54) is 12.1 Å². The van der Waals surface area contributed by atoms with E-state index in [-0.39, 0.29) is 11.3 Å². The van der Waals surface area contributed by atoms with Gasteiger partial charge in [0.05, 0.1) is 5.56 Å². The van der Waals surface area contributed by atoms with E-state index >= 15 is 0 Å². The first-order valence-electron chi connectivity index (χ1n) is 6.42. The van der Waals surface area contributed by atoms with Gasteiger partial charge in [-0.15, -0.1) is 0 Å². The van der Waals surface area contributed by atoms with Crippen LogP contribution in [0, 0.1) is 0 Å². The molecule has 0 bridgehead atoms. The number of unbranched alkanes of at least 4 members (excludes halogenated alkanes) is 1. The Morgan fingerprint density at radius 3 is 2.47 bits per heavy atom. The Morgan fingerprint density at radius 1 is 1.21 bits per heavy atom. The zero-order chi connectivity index (χ0) is 14.5. The number of phenolic OH excluding ortho intramolecular Hbond substituents is 1. The number of nitrogens with zero attached hydrogens (tertiary/aromatic N) is 1. The van der Waals surface area contributed by atoms with Crippen molar-refractivity contribution < 1.29 is 18.3 Å². The second kappa shape index (κ2) is 6.80. The molecule has 1 N–H and O–H groups in total. The molecule has 0 radical (unpaired) electrons. The summed E-state index contributed by atoms with van der Waals surface area (Å²) in [6.45, 7) is 3.87. The summed E-state index contributed by atoms with van der Waals surface area (Å²) in [5, 5.41) is 9.17. The molecule has 0 unspecified atom stereocenters. The molecule has 1 aromatic carbocycles. The van der Waals surface area contributed by atoms with E-state index in [4.69, 9.17) is 0 Å². The molecule has 0 heterocycles. The predicted molar refractivity (Wildman–Crippen MR) is 69.2 cm³/mol. The van der Waals surface area contributed by atoms with E-state index in [9.17, 15) is 18.3 Å². The molecule has 0 aliphatic carbocycles. The molecule has 0 aliphatic heterocycles. The monoisotopic (exact) mass is 275 g/mol. The first-order chi connectivity index (χ1) is 8.84. The Morgan fingerprint density at radius 2 is 1.89 bits per heavy atom. The van der Waals surface area contributed by atoms with Gasteiger partial charge in [0, 0.05) is 0 Å². The lowest BCUT2D eigenvalue weighted by Crippen LogP contribution is -2.18. The maximum Gasteiger partial charge on any atom is 0.416 e. The lowest BCUT2D eigenvalue weighted by Gasteiger charge is -2.15. The predicted octanol–water partition coefficient (Wildman–Crippen LogP) is 3.69. The van der Waals surface area contributed by atoms with E-state index in [1.54, 1.807) is 0 Å². The molecule has 19 heavy (non-hydrogen) atoms. The molecule has 0 aliphatic rings. The molecule has 0 saturated heterocycles. The lowest BCUT2D eigenvalue weighted by molar-refractivity contribution is -0.138. The zero-order valence-electron chi connectivity index (χ0n) is 11.3. The quantitative estimate of drug-likeness (QED) is 0.800. The highest BCUT2D eigenvalue weighted by molar-refractivity contribution is 5.36. The molecule has 108 valence electrons. The van der Waals surface area contributed by atoms with Gasteiger partial charge in [0.15, 0.2) is 0 Å². The molecule has 1 rings (SSSR count). The summed E-state index contributed by atoms with van der Waals surface area (Å²) in [6, 6.07) is 3.47. The number of aryl methyl sites for hydroxylation is 1. The topological polar surface area (TPSA) is 23.5 Å². The van der Waals surface area contributed by atoms with Gasteiger partial charge < -0.3 is 10.0 Å². The molecule has 0 aromatic heterocycles. The van der Waals surface area contributed by atoms with Crippen molar-refractivity contribution in [2.75, 3.05) is 20.1 Å². The van der Waals surface area contributed by atoms with Gasteiger partial charge in [-0.1, -0.05) is 13.0 Å². The van der Waals surface area contributed by atoms with Crippen molar-refractivity contribution in [2.45, 2.75) is 32.4 Å². The highest BCUT2D eigenvalue weighted by atomic mass is 19.4. The van der Waals surface area contributed by atoms with Crippen molar-refractivity contribution in [3.8, 4) is 5.75 Å². The van der Waals surface area contributed by atoms with Crippen LogP contribution in [0.2, 0.25) is 0 Å². The molecule has 5 heteroatoms. The number of hydrogen-bond acceptors (Lipinski definition) is 2.